The van der Waals surface area contributed by atoms with Crippen molar-refractivity contribution in [3.05, 3.63) is 113 Å². The molecule has 0 bridgehead atoms. The molecule has 4 aromatic heterocycles. The van der Waals surface area contributed by atoms with Gasteiger partial charge in [-0.1, -0.05) is 12.1 Å². The summed E-state index contributed by atoms with van der Waals surface area (Å²) in [7, 11) is 0. The molecule has 38 heavy (non-hydrogen) atoms. The van der Waals surface area contributed by atoms with E-state index in [4.69, 9.17) is 0 Å². The van der Waals surface area contributed by atoms with E-state index in [1.165, 1.54) is 5.56 Å². The van der Waals surface area contributed by atoms with Crippen LogP contribution < -0.4 is 10.6 Å². The highest BCUT2D eigenvalue weighted by Gasteiger charge is 2.13. The van der Waals surface area contributed by atoms with Gasteiger partial charge in [-0.2, -0.15) is 5.26 Å². The second-order valence-electron chi connectivity index (χ2n) is 9.17. The lowest BCUT2D eigenvalue weighted by Crippen LogP contribution is -2.16. The number of nitriles is 1. The normalized spacial score (nSPS) is 11.2. The minimum Gasteiger partial charge on any atom is -0.361 e. The zero-order valence-electron chi connectivity index (χ0n) is 21.5. The molecular weight excluding hydrogens is 470 g/mol. The molecule has 0 aliphatic carbocycles. The SMILES string of the molecule is Cc1ncc(C#N)c(Nc2ccc3[nH]ccc3c2C)c1/C=C/c1ccc(CNCCc2cccnc2)cn1. The topological polar surface area (TPSA) is 102 Å². The van der Waals surface area contributed by atoms with Crippen LogP contribution in [0.4, 0.5) is 11.4 Å². The Morgan fingerprint density at radius 2 is 1.89 bits per heavy atom. The molecule has 0 spiro atoms. The lowest BCUT2D eigenvalue weighted by Gasteiger charge is -2.15. The maximum atomic E-state index is 9.81. The standard InChI is InChI=1S/C31H29N7/c1-21-27-12-15-35-30(27)10-9-29(21)38-31-25(16-32)20-36-22(2)28(31)8-7-26-6-5-24(19-37-26)18-34-14-11-23-4-3-13-33-17-23/h3-10,12-13,15,17,19-20,34-35H,11,14,18H2,1-2H3,(H,36,38)/b8-7+. The molecular formula is C31H29N7. The van der Waals surface area contributed by atoms with Crippen LogP contribution in [0.5, 0.6) is 0 Å². The van der Waals surface area contributed by atoms with Crippen LogP contribution in [-0.4, -0.2) is 26.5 Å². The molecule has 0 radical (unpaired) electrons. The van der Waals surface area contributed by atoms with E-state index < -0.39 is 0 Å². The van der Waals surface area contributed by atoms with Crippen molar-refractivity contribution in [3.8, 4) is 6.07 Å². The van der Waals surface area contributed by atoms with Crippen LogP contribution >= 0.6 is 0 Å². The molecule has 5 aromatic rings. The van der Waals surface area contributed by atoms with Crippen molar-refractivity contribution in [2.45, 2.75) is 26.8 Å². The Labute approximate surface area is 222 Å². The van der Waals surface area contributed by atoms with Crippen LogP contribution in [0.15, 0.2) is 73.4 Å². The van der Waals surface area contributed by atoms with Gasteiger partial charge in [0.25, 0.3) is 0 Å². The molecule has 3 N–H and O–H groups in total. The van der Waals surface area contributed by atoms with Gasteiger partial charge in [0.05, 0.1) is 16.9 Å². The Hall–Kier alpha value is -4.80. The summed E-state index contributed by atoms with van der Waals surface area (Å²) in [6, 6.07) is 16.5. The van der Waals surface area contributed by atoms with Gasteiger partial charge < -0.3 is 15.6 Å². The van der Waals surface area contributed by atoms with Crippen LogP contribution in [0.25, 0.3) is 23.1 Å². The fourth-order valence-electron chi connectivity index (χ4n) is 4.42. The number of aryl methyl sites for hydroxylation is 2. The fraction of sp³-hybridized carbons (Fsp3) is 0.161. The van der Waals surface area contributed by atoms with E-state index in [9.17, 15) is 5.26 Å². The molecule has 0 saturated carbocycles. The van der Waals surface area contributed by atoms with Crippen LogP contribution in [0.1, 0.15) is 39.2 Å². The minimum atomic E-state index is 0.490. The maximum absolute atomic E-state index is 9.81. The van der Waals surface area contributed by atoms with E-state index >= 15 is 0 Å². The molecule has 7 heteroatoms. The van der Waals surface area contributed by atoms with Crippen molar-refractivity contribution >= 4 is 34.4 Å². The van der Waals surface area contributed by atoms with Crippen molar-refractivity contribution in [3.63, 3.8) is 0 Å². The summed E-state index contributed by atoms with van der Waals surface area (Å²) in [4.78, 5) is 16.5. The average molecular weight is 500 g/mol. The highest BCUT2D eigenvalue weighted by molar-refractivity contribution is 5.90. The average Bonchev–Trinajstić information content (AvgIpc) is 3.43. The number of rotatable bonds is 9. The minimum absolute atomic E-state index is 0.490. The molecule has 4 heterocycles. The molecule has 0 saturated heterocycles. The lowest BCUT2D eigenvalue weighted by molar-refractivity contribution is 0.684. The number of benzene rings is 1. The number of anilines is 2. The third-order valence-electron chi connectivity index (χ3n) is 6.61. The molecule has 1 aromatic carbocycles. The Morgan fingerprint density at radius 1 is 0.974 bits per heavy atom. The molecule has 0 amide bonds. The smallest absolute Gasteiger partial charge is 0.103 e. The van der Waals surface area contributed by atoms with E-state index in [-0.39, 0.29) is 0 Å². The van der Waals surface area contributed by atoms with Gasteiger partial charge in [-0.25, -0.2) is 0 Å². The van der Waals surface area contributed by atoms with Gasteiger partial charge in [-0.05, 0) is 86.0 Å². The van der Waals surface area contributed by atoms with Gasteiger partial charge in [0, 0.05) is 65.4 Å². The number of aromatic nitrogens is 4. The third kappa shape index (κ3) is 5.61. The Kier molecular flexibility index (Phi) is 7.53. The Morgan fingerprint density at radius 3 is 2.68 bits per heavy atom. The summed E-state index contributed by atoms with van der Waals surface area (Å²) < 4.78 is 0. The summed E-state index contributed by atoms with van der Waals surface area (Å²) in [5, 5.41) is 17.9. The molecule has 7 nitrogen and oxygen atoms in total. The van der Waals surface area contributed by atoms with Gasteiger partial charge in [0.1, 0.15) is 6.07 Å². The first-order valence-electron chi connectivity index (χ1n) is 12.6. The van der Waals surface area contributed by atoms with E-state index in [0.717, 1.165) is 69.9 Å². The number of fused-ring (bicyclic) bond motifs is 1. The number of hydrogen-bond acceptors (Lipinski definition) is 6. The lowest BCUT2D eigenvalue weighted by atomic mass is 10.0. The molecule has 5 rings (SSSR count). The number of nitrogens with one attached hydrogen (secondary N) is 3. The van der Waals surface area contributed by atoms with Gasteiger partial charge in [-0.3, -0.25) is 15.0 Å². The monoisotopic (exact) mass is 499 g/mol. The van der Waals surface area contributed by atoms with Crippen molar-refractivity contribution in [1.82, 2.24) is 25.3 Å². The molecule has 0 unspecified atom stereocenters. The first kappa shape index (κ1) is 24.9. The maximum Gasteiger partial charge on any atom is 0.103 e. The van der Waals surface area contributed by atoms with Crippen LogP contribution in [0.3, 0.4) is 0 Å². The number of H-pyrrole nitrogens is 1. The number of pyridine rings is 3. The Balaban J connectivity index is 1.30. The zero-order chi connectivity index (χ0) is 26.3. The number of aromatic amines is 1. The summed E-state index contributed by atoms with van der Waals surface area (Å²) in [5.74, 6) is 0. The predicted octanol–water partition coefficient (Wildman–Crippen LogP) is 6.09. The highest BCUT2D eigenvalue weighted by atomic mass is 14.9. The predicted molar refractivity (Wildman–Crippen MR) is 153 cm³/mol. The second-order valence-corrected chi connectivity index (χ2v) is 9.17. The van der Waals surface area contributed by atoms with Gasteiger partial charge in [0.15, 0.2) is 0 Å². The van der Waals surface area contributed by atoms with E-state index in [1.807, 2.05) is 61.9 Å². The highest BCUT2D eigenvalue weighted by Crippen LogP contribution is 2.32. The largest absolute Gasteiger partial charge is 0.361 e. The van der Waals surface area contributed by atoms with Crippen LogP contribution in [-0.2, 0) is 13.0 Å². The molecule has 0 aliphatic rings. The molecule has 0 atom stereocenters. The van der Waals surface area contributed by atoms with Crippen molar-refractivity contribution < 1.29 is 0 Å². The van der Waals surface area contributed by atoms with Crippen LogP contribution in [0.2, 0.25) is 0 Å². The van der Waals surface area contributed by atoms with Gasteiger partial charge in [0.2, 0.25) is 0 Å². The second kappa shape index (κ2) is 11.5. The third-order valence-corrected chi connectivity index (χ3v) is 6.61. The number of hydrogen-bond donors (Lipinski definition) is 3. The van der Waals surface area contributed by atoms with Crippen molar-refractivity contribution in [2.24, 2.45) is 0 Å². The summed E-state index contributed by atoms with van der Waals surface area (Å²) in [6.45, 7) is 5.65. The molecule has 0 aliphatic heterocycles. The Bertz CT molecular complexity index is 1610. The van der Waals surface area contributed by atoms with E-state index in [1.54, 1.807) is 12.4 Å². The molecule has 0 fully saturated rings. The van der Waals surface area contributed by atoms with Crippen molar-refractivity contribution in [1.29, 1.82) is 5.26 Å². The summed E-state index contributed by atoms with van der Waals surface area (Å²) in [5.41, 5.74) is 9.25. The first-order valence-corrected chi connectivity index (χ1v) is 12.6. The summed E-state index contributed by atoms with van der Waals surface area (Å²) >= 11 is 0. The first-order chi connectivity index (χ1) is 18.6. The van der Waals surface area contributed by atoms with Crippen LogP contribution in [0, 0.1) is 25.2 Å². The van der Waals surface area contributed by atoms with E-state index in [0.29, 0.717) is 5.56 Å². The quantitative estimate of drug-likeness (QED) is 0.212. The van der Waals surface area contributed by atoms with Crippen molar-refractivity contribution in [2.75, 3.05) is 11.9 Å². The molecule has 188 valence electrons. The van der Waals surface area contributed by atoms with E-state index in [2.05, 4.69) is 61.8 Å². The fourth-order valence-corrected chi connectivity index (χ4v) is 4.42. The van der Waals surface area contributed by atoms with Gasteiger partial charge in [-0.15, -0.1) is 0 Å². The number of nitrogens with zero attached hydrogens (tertiary/aromatic N) is 4. The zero-order valence-corrected chi connectivity index (χ0v) is 21.5. The summed E-state index contributed by atoms with van der Waals surface area (Å²) in [6.07, 6.45) is 14.0. The van der Waals surface area contributed by atoms with Gasteiger partial charge >= 0.3 is 0 Å².